The number of benzene rings is 2. The molecule has 0 heterocycles. The Hall–Kier alpha value is -1.16. The molecule has 19 heavy (non-hydrogen) atoms. The Morgan fingerprint density at radius 1 is 1.16 bits per heavy atom. The highest BCUT2D eigenvalue weighted by Crippen LogP contribution is 2.24. The molecule has 0 bridgehead atoms. The van der Waals surface area contributed by atoms with E-state index in [1.807, 2.05) is 0 Å². The third-order valence-electron chi connectivity index (χ3n) is 3.32. The first-order valence-electron chi connectivity index (χ1n) is 6.38. The monoisotopic (exact) mass is 318 g/mol. The van der Waals surface area contributed by atoms with Gasteiger partial charge in [-0.05, 0) is 43.0 Å². The maximum atomic E-state index is 5.71. The standard InChI is InChI=1S/C16H19BrN2/c1-11-4-3-5-13(8-11)9-16(19-18)14-7-6-12(2)15(17)10-14/h3-8,10,16,19H,9,18H2,1-2H3. The van der Waals surface area contributed by atoms with Crippen molar-refractivity contribution in [1.82, 2.24) is 5.43 Å². The van der Waals surface area contributed by atoms with E-state index < -0.39 is 0 Å². The van der Waals surface area contributed by atoms with Crippen LogP contribution in [0.3, 0.4) is 0 Å². The predicted molar refractivity (Wildman–Crippen MR) is 83.8 cm³/mol. The Balaban J connectivity index is 2.22. The maximum Gasteiger partial charge on any atom is 0.0500 e. The van der Waals surface area contributed by atoms with Gasteiger partial charge in [0.2, 0.25) is 0 Å². The molecule has 2 rings (SSSR count). The zero-order valence-corrected chi connectivity index (χ0v) is 12.9. The lowest BCUT2D eigenvalue weighted by Gasteiger charge is -2.17. The number of hydrogen-bond donors (Lipinski definition) is 2. The van der Waals surface area contributed by atoms with Gasteiger partial charge in [0.1, 0.15) is 0 Å². The Morgan fingerprint density at radius 2 is 1.95 bits per heavy atom. The molecule has 0 amide bonds. The van der Waals surface area contributed by atoms with E-state index >= 15 is 0 Å². The van der Waals surface area contributed by atoms with Gasteiger partial charge in [-0.1, -0.05) is 57.9 Å². The lowest BCUT2D eigenvalue weighted by atomic mass is 9.98. The molecule has 2 aromatic rings. The molecular weight excluding hydrogens is 300 g/mol. The number of nitrogens with one attached hydrogen (secondary N) is 1. The molecule has 3 heteroatoms. The van der Waals surface area contributed by atoms with E-state index in [4.69, 9.17) is 5.84 Å². The van der Waals surface area contributed by atoms with Gasteiger partial charge in [-0.25, -0.2) is 0 Å². The van der Waals surface area contributed by atoms with Crippen LogP contribution in [-0.2, 0) is 6.42 Å². The number of hydrazine groups is 1. The number of aryl methyl sites for hydroxylation is 2. The van der Waals surface area contributed by atoms with Crippen LogP contribution in [0.25, 0.3) is 0 Å². The van der Waals surface area contributed by atoms with Crippen molar-refractivity contribution in [3.63, 3.8) is 0 Å². The summed E-state index contributed by atoms with van der Waals surface area (Å²) in [5.74, 6) is 5.71. The minimum absolute atomic E-state index is 0.124. The minimum Gasteiger partial charge on any atom is -0.271 e. The lowest BCUT2D eigenvalue weighted by Crippen LogP contribution is -2.29. The third kappa shape index (κ3) is 3.66. The normalized spacial score (nSPS) is 12.4. The van der Waals surface area contributed by atoms with Crippen LogP contribution in [0.5, 0.6) is 0 Å². The van der Waals surface area contributed by atoms with Crippen LogP contribution in [-0.4, -0.2) is 0 Å². The Morgan fingerprint density at radius 3 is 2.58 bits per heavy atom. The Labute approximate surface area is 123 Å². The van der Waals surface area contributed by atoms with Crippen molar-refractivity contribution in [3.8, 4) is 0 Å². The summed E-state index contributed by atoms with van der Waals surface area (Å²) in [6, 6.07) is 15.0. The molecule has 0 aliphatic rings. The molecule has 0 aliphatic carbocycles. The van der Waals surface area contributed by atoms with Crippen molar-refractivity contribution in [3.05, 3.63) is 69.2 Å². The quantitative estimate of drug-likeness (QED) is 0.664. The van der Waals surface area contributed by atoms with Gasteiger partial charge < -0.3 is 0 Å². The average Bonchev–Trinajstić information content (AvgIpc) is 2.39. The van der Waals surface area contributed by atoms with Crippen molar-refractivity contribution >= 4 is 15.9 Å². The molecule has 1 unspecified atom stereocenters. The van der Waals surface area contributed by atoms with Gasteiger partial charge in [0.25, 0.3) is 0 Å². The summed E-state index contributed by atoms with van der Waals surface area (Å²) in [5, 5.41) is 0. The van der Waals surface area contributed by atoms with Gasteiger partial charge in [0.05, 0.1) is 6.04 Å². The molecule has 3 N–H and O–H groups in total. The number of hydrogen-bond acceptors (Lipinski definition) is 2. The molecule has 0 aliphatic heterocycles. The van der Waals surface area contributed by atoms with E-state index in [0.29, 0.717) is 0 Å². The van der Waals surface area contributed by atoms with Crippen LogP contribution >= 0.6 is 15.9 Å². The van der Waals surface area contributed by atoms with Gasteiger partial charge in [0, 0.05) is 4.47 Å². The number of nitrogens with two attached hydrogens (primary N) is 1. The van der Waals surface area contributed by atoms with Gasteiger partial charge in [-0.2, -0.15) is 0 Å². The highest BCUT2D eigenvalue weighted by molar-refractivity contribution is 9.10. The fraction of sp³-hybridized carbons (Fsp3) is 0.250. The van der Waals surface area contributed by atoms with E-state index in [0.717, 1.165) is 10.9 Å². The summed E-state index contributed by atoms with van der Waals surface area (Å²) in [7, 11) is 0. The molecule has 2 aromatic carbocycles. The summed E-state index contributed by atoms with van der Waals surface area (Å²) in [6.07, 6.45) is 0.883. The van der Waals surface area contributed by atoms with Crippen LogP contribution in [0.2, 0.25) is 0 Å². The van der Waals surface area contributed by atoms with Gasteiger partial charge in [-0.15, -0.1) is 0 Å². The zero-order valence-electron chi connectivity index (χ0n) is 11.3. The van der Waals surface area contributed by atoms with Gasteiger partial charge >= 0.3 is 0 Å². The van der Waals surface area contributed by atoms with E-state index in [2.05, 4.69) is 77.7 Å². The maximum absolute atomic E-state index is 5.71. The van der Waals surface area contributed by atoms with Crippen molar-refractivity contribution in [2.45, 2.75) is 26.3 Å². The predicted octanol–water partition coefficient (Wildman–Crippen LogP) is 3.81. The summed E-state index contributed by atoms with van der Waals surface area (Å²) >= 11 is 3.57. The molecule has 0 saturated carbocycles. The third-order valence-corrected chi connectivity index (χ3v) is 4.18. The van der Waals surface area contributed by atoms with Crippen molar-refractivity contribution in [2.75, 3.05) is 0 Å². The van der Waals surface area contributed by atoms with Crippen LogP contribution < -0.4 is 11.3 Å². The average molecular weight is 319 g/mol. The molecular formula is C16H19BrN2. The highest BCUT2D eigenvalue weighted by Gasteiger charge is 2.11. The second-order valence-corrected chi connectivity index (χ2v) is 5.78. The van der Waals surface area contributed by atoms with E-state index in [-0.39, 0.29) is 6.04 Å². The first kappa shape index (κ1) is 14.3. The fourth-order valence-electron chi connectivity index (χ4n) is 2.17. The first-order valence-corrected chi connectivity index (χ1v) is 7.17. The molecule has 0 aromatic heterocycles. The van der Waals surface area contributed by atoms with Gasteiger partial charge in [-0.3, -0.25) is 11.3 Å². The molecule has 0 saturated heterocycles. The highest BCUT2D eigenvalue weighted by atomic mass is 79.9. The van der Waals surface area contributed by atoms with Crippen LogP contribution in [0.1, 0.15) is 28.3 Å². The smallest absolute Gasteiger partial charge is 0.0500 e. The van der Waals surface area contributed by atoms with E-state index in [1.165, 1.54) is 22.3 Å². The summed E-state index contributed by atoms with van der Waals surface area (Å²) in [6.45, 7) is 4.19. The summed E-state index contributed by atoms with van der Waals surface area (Å²) in [4.78, 5) is 0. The summed E-state index contributed by atoms with van der Waals surface area (Å²) < 4.78 is 1.12. The Kier molecular flexibility index (Phi) is 4.75. The first-order chi connectivity index (χ1) is 9.10. The Bertz CT molecular complexity index is 566. The van der Waals surface area contributed by atoms with E-state index in [9.17, 15) is 0 Å². The number of halogens is 1. The van der Waals surface area contributed by atoms with Crippen molar-refractivity contribution < 1.29 is 0 Å². The van der Waals surface area contributed by atoms with Crippen LogP contribution in [0.15, 0.2) is 46.9 Å². The van der Waals surface area contributed by atoms with E-state index in [1.54, 1.807) is 0 Å². The van der Waals surface area contributed by atoms with Crippen molar-refractivity contribution in [2.24, 2.45) is 5.84 Å². The molecule has 100 valence electrons. The second kappa shape index (κ2) is 6.33. The zero-order chi connectivity index (χ0) is 13.8. The fourth-order valence-corrected chi connectivity index (χ4v) is 2.57. The van der Waals surface area contributed by atoms with Crippen molar-refractivity contribution in [1.29, 1.82) is 0 Å². The molecule has 0 fully saturated rings. The topological polar surface area (TPSA) is 38.0 Å². The second-order valence-electron chi connectivity index (χ2n) is 4.92. The number of rotatable bonds is 4. The largest absolute Gasteiger partial charge is 0.271 e. The molecule has 0 radical (unpaired) electrons. The molecule has 1 atom stereocenters. The van der Waals surface area contributed by atoms with Crippen LogP contribution in [0, 0.1) is 13.8 Å². The minimum atomic E-state index is 0.124. The van der Waals surface area contributed by atoms with Crippen LogP contribution in [0.4, 0.5) is 0 Å². The SMILES string of the molecule is Cc1cccc(CC(NN)c2ccc(C)c(Br)c2)c1. The molecule has 2 nitrogen and oxygen atoms in total. The lowest BCUT2D eigenvalue weighted by molar-refractivity contribution is 0.551. The summed E-state index contributed by atoms with van der Waals surface area (Å²) in [5.41, 5.74) is 7.91. The molecule has 0 spiro atoms. The van der Waals surface area contributed by atoms with Gasteiger partial charge in [0.15, 0.2) is 0 Å².